The third-order valence-electron chi connectivity index (χ3n) is 2.39. The van der Waals surface area contributed by atoms with Gasteiger partial charge in [0.05, 0.1) is 5.39 Å². The van der Waals surface area contributed by atoms with E-state index in [1.807, 2.05) is 0 Å². The standard InChI is InChI=1S/C11H6O4/c12-7-5-14-10-6-3-1-2-4-8(6)15-11(13)9(7)10/h1-4H,5H2. The van der Waals surface area contributed by atoms with Crippen LogP contribution < -0.4 is 10.4 Å². The average Bonchev–Trinajstić information content (AvgIpc) is 2.62. The van der Waals surface area contributed by atoms with Crippen LogP contribution in [0.3, 0.4) is 0 Å². The summed E-state index contributed by atoms with van der Waals surface area (Å²) in [5.41, 5.74) is -0.143. The van der Waals surface area contributed by atoms with Gasteiger partial charge in [-0.1, -0.05) is 12.1 Å². The first-order valence-electron chi connectivity index (χ1n) is 4.49. The summed E-state index contributed by atoms with van der Waals surface area (Å²) in [5.74, 6) is 0.0383. The Morgan fingerprint density at radius 2 is 1.93 bits per heavy atom. The number of rotatable bonds is 0. The lowest BCUT2D eigenvalue weighted by Crippen LogP contribution is -2.10. The minimum Gasteiger partial charge on any atom is -0.484 e. The topological polar surface area (TPSA) is 56.5 Å². The molecular weight excluding hydrogens is 196 g/mol. The smallest absolute Gasteiger partial charge is 0.351 e. The monoisotopic (exact) mass is 202 g/mol. The maximum atomic E-state index is 11.5. The van der Waals surface area contributed by atoms with Gasteiger partial charge in [0, 0.05) is 0 Å². The van der Waals surface area contributed by atoms with E-state index in [9.17, 15) is 9.59 Å². The van der Waals surface area contributed by atoms with Gasteiger partial charge >= 0.3 is 5.63 Å². The zero-order valence-electron chi connectivity index (χ0n) is 7.65. The number of carbonyl (C=O) groups excluding carboxylic acids is 1. The van der Waals surface area contributed by atoms with Gasteiger partial charge in [0.1, 0.15) is 16.9 Å². The summed E-state index contributed by atoms with van der Waals surface area (Å²) < 4.78 is 10.2. The summed E-state index contributed by atoms with van der Waals surface area (Å²) in [7, 11) is 0. The molecule has 0 unspecified atom stereocenters. The quantitative estimate of drug-likeness (QED) is 0.605. The van der Waals surface area contributed by atoms with Crippen molar-refractivity contribution in [1.82, 2.24) is 0 Å². The zero-order chi connectivity index (χ0) is 10.4. The van der Waals surface area contributed by atoms with Gasteiger partial charge < -0.3 is 9.15 Å². The molecule has 0 aliphatic carbocycles. The van der Waals surface area contributed by atoms with Crippen LogP contribution in [0.2, 0.25) is 0 Å². The number of Topliss-reactive ketones (excluding diaryl/α,β-unsaturated/α-hetero) is 1. The van der Waals surface area contributed by atoms with Crippen LogP contribution in [-0.2, 0) is 0 Å². The third-order valence-corrected chi connectivity index (χ3v) is 2.39. The summed E-state index contributed by atoms with van der Waals surface area (Å²) in [6.45, 7) is -0.0753. The molecule has 1 aliphatic rings. The van der Waals surface area contributed by atoms with Gasteiger partial charge in [0.2, 0.25) is 5.78 Å². The van der Waals surface area contributed by atoms with Gasteiger partial charge in [-0.15, -0.1) is 0 Å². The highest BCUT2D eigenvalue weighted by atomic mass is 16.5. The van der Waals surface area contributed by atoms with E-state index in [0.717, 1.165) is 0 Å². The van der Waals surface area contributed by atoms with Gasteiger partial charge in [-0.05, 0) is 12.1 Å². The zero-order valence-corrected chi connectivity index (χ0v) is 7.65. The Morgan fingerprint density at radius 3 is 2.80 bits per heavy atom. The molecule has 1 aromatic heterocycles. The van der Waals surface area contributed by atoms with Crippen molar-refractivity contribution in [3.05, 3.63) is 40.2 Å². The average molecular weight is 202 g/mol. The molecule has 0 spiro atoms. The van der Waals surface area contributed by atoms with Gasteiger partial charge in [0.15, 0.2) is 6.61 Å². The molecule has 0 radical (unpaired) electrons. The molecule has 74 valence electrons. The first kappa shape index (κ1) is 8.23. The number of benzene rings is 1. The van der Waals surface area contributed by atoms with Gasteiger partial charge in [0.25, 0.3) is 0 Å². The molecule has 4 nitrogen and oxygen atoms in total. The van der Waals surface area contributed by atoms with Crippen molar-refractivity contribution in [3.8, 4) is 5.75 Å². The molecule has 2 aromatic rings. The van der Waals surface area contributed by atoms with Crippen molar-refractivity contribution in [2.75, 3.05) is 6.61 Å². The summed E-state index contributed by atoms with van der Waals surface area (Å²) in [6, 6.07) is 6.99. The van der Waals surface area contributed by atoms with Crippen molar-refractivity contribution < 1.29 is 13.9 Å². The number of hydrogen-bond donors (Lipinski definition) is 0. The molecule has 0 atom stereocenters. The summed E-state index contributed by atoms with van der Waals surface area (Å²) >= 11 is 0. The fourth-order valence-electron chi connectivity index (χ4n) is 1.72. The Balaban J connectivity index is 2.54. The van der Waals surface area contributed by atoms with E-state index >= 15 is 0 Å². The van der Waals surface area contributed by atoms with Gasteiger partial charge in [-0.3, -0.25) is 4.79 Å². The third kappa shape index (κ3) is 1.01. The van der Waals surface area contributed by atoms with E-state index in [1.165, 1.54) is 0 Å². The van der Waals surface area contributed by atoms with E-state index in [4.69, 9.17) is 9.15 Å². The molecule has 4 heteroatoms. The number of fused-ring (bicyclic) bond motifs is 3. The Hall–Kier alpha value is -2.10. The lowest BCUT2D eigenvalue weighted by Gasteiger charge is -2.00. The molecule has 0 amide bonds. The molecule has 0 saturated heterocycles. The second-order valence-electron chi connectivity index (χ2n) is 3.30. The fourth-order valence-corrected chi connectivity index (χ4v) is 1.72. The van der Waals surface area contributed by atoms with Crippen molar-refractivity contribution in [2.24, 2.45) is 0 Å². The Bertz CT molecular complexity index is 624. The van der Waals surface area contributed by atoms with Crippen LogP contribution in [0.15, 0.2) is 33.5 Å². The van der Waals surface area contributed by atoms with Gasteiger partial charge in [-0.2, -0.15) is 0 Å². The summed E-state index contributed by atoms with van der Waals surface area (Å²) in [4.78, 5) is 22.8. The molecule has 0 fully saturated rings. The Kier molecular flexibility index (Phi) is 1.48. The number of hydrogen-bond acceptors (Lipinski definition) is 4. The highest BCUT2D eigenvalue weighted by Crippen LogP contribution is 2.30. The fraction of sp³-hybridized carbons (Fsp3) is 0.0909. The second-order valence-corrected chi connectivity index (χ2v) is 3.30. The van der Waals surface area contributed by atoms with E-state index < -0.39 is 5.63 Å². The molecule has 0 saturated carbocycles. The van der Waals surface area contributed by atoms with E-state index in [1.54, 1.807) is 24.3 Å². The Morgan fingerprint density at radius 1 is 1.13 bits per heavy atom. The predicted molar refractivity (Wildman–Crippen MR) is 52.3 cm³/mol. The second kappa shape index (κ2) is 2.70. The summed E-state index contributed by atoms with van der Waals surface area (Å²) in [5, 5.41) is 0.665. The van der Waals surface area contributed by atoms with Crippen LogP contribution >= 0.6 is 0 Å². The highest BCUT2D eigenvalue weighted by molar-refractivity contribution is 6.06. The molecule has 15 heavy (non-hydrogen) atoms. The number of para-hydroxylation sites is 1. The first-order chi connectivity index (χ1) is 7.27. The molecule has 2 heterocycles. The van der Waals surface area contributed by atoms with E-state index in [0.29, 0.717) is 16.7 Å². The van der Waals surface area contributed by atoms with Crippen LogP contribution in [-0.4, -0.2) is 12.4 Å². The van der Waals surface area contributed by atoms with Crippen molar-refractivity contribution in [3.63, 3.8) is 0 Å². The van der Waals surface area contributed by atoms with E-state index in [-0.39, 0.29) is 18.0 Å². The largest absolute Gasteiger partial charge is 0.484 e. The minimum atomic E-state index is -0.619. The normalized spacial score (nSPS) is 14.0. The Labute approximate surface area is 84.1 Å². The molecule has 1 aliphatic heterocycles. The van der Waals surface area contributed by atoms with Crippen molar-refractivity contribution in [1.29, 1.82) is 0 Å². The van der Waals surface area contributed by atoms with Crippen LogP contribution in [0.25, 0.3) is 11.0 Å². The maximum absolute atomic E-state index is 11.5. The van der Waals surface area contributed by atoms with Crippen LogP contribution in [0.4, 0.5) is 0 Å². The minimum absolute atomic E-state index is 0.0358. The SMILES string of the molecule is O=C1COc2c1c(=O)oc1ccccc21. The van der Waals surface area contributed by atoms with Crippen molar-refractivity contribution >= 4 is 16.8 Å². The van der Waals surface area contributed by atoms with Crippen LogP contribution in [0.5, 0.6) is 5.75 Å². The van der Waals surface area contributed by atoms with Gasteiger partial charge in [-0.25, -0.2) is 4.79 Å². The number of carbonyl (C=O) groups is 1. The molecule has 1 aromatic carbocycles. The molecule has 3 rings (SSSR count). The lowest BCUT2D eigenvalue weighted by atomic mass is 10.1. The van der Waals surface area contributed by atoms with Crippen LogP contribution in [0, 0.1) is 0 Å². The van der Waals surface area contributed by atoms with Crippen molar-refractivity contribution in [2.45, 2.75) is 0 Å². The molecule has 0 N–H and O–H groups in total. The predicted octanol–water partition coefficient (Wildman–Crippen LogP) is 1.37. The van der Waals surface area contributed by atoms with Crippen LogP contribution in [0.1, 0.15) is 10.4 Å². The molecular formula is C11H6O4. The lowest BCUT2D eigenvalue weighted by molar-refractivity contribution is 0.0959. The first-order valence-corrected chi connectivity index (χ1v) is 4.49. The molecule has 0 bridgehead atoms. The number of ether oxygens (including phenoxy) is 1. The maximum Gasteiger partial charge on any atom is 0.351 e. The highest BCUT2D eigenvalue weighted by Gasteiger charge is 2.28. The summed E-state index contributed by atoms with van der Waals surface area (Å²) in [6.07, 6.45) is 0. The van der Waals surface area contributed by atoms with E-state index in [2.05, 4.69) is 0 Å². The number of ketones is 1.